The van der Waals surface area contributed by atoms with Gasteiger partial charge in [-0.3, -0.25) is 4.79 Å². The fraction of sp³-hybridized carbons (Fsp3) is 0.562. The minimum absolute atomic E-state index is 0.0454. The smallest absolute Gasteiger partial charge is 0.228 e. The molecule has 1 saturated heterocycles. The van der Waals surface area contributed by atoms with Crippen molar-refractivity contribution in [2.75, 3.05) is 42.5 Å². The Bertz CT molecular complexity index is 535. The number of nitrogens with zero attached hydrogens (tertiary/aromatic N) is 1. The molecule has 5 heteroatoms. The van der Waals surface area contributed by atoms with Crippen LogP contribution in [0.3, 0.4) is 0 Å². The van der Waals surface area contributed by atoms with Crippen molar-refractivity contribution >= 4 is 23.0 Å². The molecule has 0 spiro atoms. The molecule has 0 radical (unpaired) electrons. The Morgan fingerprint density at radius 3 is 2.90 bits per heavy atom. The number of benzene rings is 1. The van der Waals surface area contributed by atoms with Gasteiger partial charge in [-0.1, -0.05) is 6.92 Å². The van der Waals surface area contributed by atoms with Gasteiger partial charge in [0.15, 0.2) is 0 Å². The molecule has 0 atom stereocenters. The third kappa shape index (κ3) is 3.29. The zero-order chi connectivity index (χ0) is 14.8. The first-order valence-corrected chi connectivity index (χ1v) is 7.80. The van der Waals surface area contributed by atoms with Gasteiger partial charge in [-0.25, -0.2) is 0 Å². The first-order chi connectivity index (χ1) is 10.1. The zero-order valence-corrected chi connectivity index (χ0v) is 12.6. The topological polar surface area (TPSA) is 70.4 Å². The van der Waals surface area contributed by atoms with E-state index in [4.69, 9.17) is 5.73 Å². The molecule has 5 nitrogen and oxygen atoms in total. The number of hydrogen-bond acceptors (Lipinski definition) is 4. The number of fused-ring (bicyclic) bond motifs is 1. The molecular formula is C16H24N4O. The number of amides is 1. The van der Waals surface area contributed by atoms with Gasteiger partial charge in [0.1, 0.15) is 0 Å². The Balaban J connectivity index is 1.54. The Kier molecular flexibility index (Phi) is 4.01. The number of carbonyl (C=O) groups excluding carboxylic acids is 1. The molecule has 1 amide bonds. The first kappa shape index (κ1) is 14.2. The van der Waals surface area contributed by atoms with E-state index in [-0.39, 0.29) is 5.91 Å². The Morgan fingerprint density at radius 2 is 2.14 bits per heavy atom. The monoisotopic (exact) mass is 288 g/mol. The Morgan fingerprint density at radius 1 is 1.38 bits per heavy atom. The lowest BCUT2D eigenvalue weighted by atomic mass is 9.99. The lowest BCUT2D eigenvalue weighted by molar-refractivity contribution is -0.115. The van der Waals surface area contributed by atoms with Crippen molar-refractivity contribution in [3.63, 3.8) is 0 Å². The van der Waals surface area contributed by atoms with E-state index in [9.17, 15) is 4.79 Å². The summed E-state index contributed by atoms with van der Waals surface area (Å²) < 4.78 is 0. The molecule has 2 aliphatic heterocycles. The summed E-state index contributed by atoms with van der Waals surface area (Å²) in [6.07, 6.45) is 3.03. The van der Waals surface area contributed by atoms with Crippen LogP contribution in [0, 0.1) is 5.92 Å². The number of likely N-dealkylation sites (tertiary alicyclic amines) is 1. The van der Waals surface area contributed by atoms with E-state index < -0.39 is 0 Å². The van der Waals surface area contributed by atoms with Crippen molar-refractivity contribution in [2.24, 2.45) is 5.92 Å². The van der Waals surface area contributed by atoms with Crippen LogP contribution in [0.1, 0.15) is 25.3 Å². The molecule has 0 saturated carbocycles. The van der Waals surface area contributed by atoms with Crippen LogP contribution in [0.25, 0.3) is 0 Å². The summed E-state index contributed by atoms with van der Waals surface area (Å²) in [6.45, 7) is 6.63. The van der Waals surface area contributed by atoms with Crippen molar-refractivity contribution in [1.29, 1.82) is 0 Å². The highest BCUT2D eigenvalue weighted by Crippen LogP contribution is 2.31. The number of hydrogen-bond donors (Lipinski definition) is 3. The van der Waals surface area contributed by atoms with Crippen molar-refractivity contribution in [3.8, 4) is 0 Å². The second-order valence-electron chi connectivity index (χ2n) is 6.27. The second-order valence-corrected chi connectivity index (χ2v) is 6.27. The molecule has 0 aliphatic carbocycles. The molecule has 2 heterocycles. The van der Waals surface area contributed by atoms with Crippen molar-refractivity contribution < 1.29 is 4.79 Å². The lowest BCUT2D eigenvalue weighted by Crippen LogP contribution is -2.36. The Hall–Kier alpha value is -1.75. The van der Waals surface area contributed by atoms with E-state index in [2.05, 4.69) is 22.5 Å². The van der Waals surface area contributed by atoms with Crippen LogP contribution >= 0.6 is 0 Å². The molecular weight excluding hydrogens is 264 g/mol. The molecule has 0 unspecified atom stereocenters. The van der Waals surface area contributed by atoms with Gasteiger partial charge in [0.05, 0.1) is 17.8 Å². The third-order valence-corrected chi connectivity index (χ3v) is 4.52. The van der Waals surface area contributed by atoms with Crippen LogP contribution in [-0.4, -0.2) is 37.0 Å². The van der Waals surface area contributed by atoms with Crippen molar-refractivity contribution in [1.82, 2.24) is 4.90 Å². The SMILES string of the molecule is CC1CCN(CCNc2cc3c(cc2N)CC(=O)N3)CC1. The number of nitrogens with one attached hydrogen (secondary N) is 2. The van der Waals surface area contributed by atoms with E-state index in [1.54, 1.807) is 0 Å². The third-order valence-electron chi connectivity index (χ3n) is 4.52. The fourth-order valence-electron chi connectivity index (χ4n) is 3.08. The Labute approximate surface area is 125 Å². The number of carbonyl (C=O) groups is 1. The number of rotatable bonds is 4. The quantitative estimate of drug-likeness (QED) is 0.740. The number of anilines is 3. The minimum Gasteiger partial charge on any atom is -0.397 e. The summed E-state index contributed by atoms with van der Waals surface area (Å²) in [6, 6.07) is 3.85. The van der Waals surface area contributed by atoms with Gasteiger partial charge in [-0.2, -0.15) is 0 Å². The maximum Gasteiger partial charge on any atom is 0.228 e. The lowest BCUT2D eigenvalue weighted by Gasteiger charge is -2.30. The normalized spacial score (nSPS) is 19.4. The first-order valence-electron chi connectivity index (χ1n) is 7.80. The summed E-state index contributed by atoms with van der Waals surface area (Å²) in [5.74, 6) is 0.911. The molecule has 1 aromatic carbocycles. The summed E-state index contributed by atoms with van der Waals surface area (Å²) in [5.41, 5.74) is 9.58. The molecule has 0 aromatic heterocycles. The van der Waals surface area contributed by atoms with Crippen LogP contribution in [0.5, 0.6) is 0 Å². The summed E-state index contributed by atoms with van der Waals surface area (Å²) in [7, 11) is 0. The minimum atomic E-state index is 0.0454. The average molecular weight is 288 g/mol. The molecule has 1 aromatic rings. The molecule has 114 valence electrons. The van der Waals surface area contributed by atoms with E-state index in [1.807, 2.05) is 12.1 Å². The standard InChI is InChI=1S/C16H24N4O/c1-11-2-5-20(6-3-11)7-4-18-15-10-14-12(8-13(15)17)9-16(21)19-14/h8,10-11,18H,2-7,9,17H2,1H3,(H,19,21). The van der Waals surface area contributed by atoms with Crippen molar-refractivity contribution in [2.45, 2.75) is 26.2 Å². The summed E-state index contributed by atoms with van der Waals surface area (Å²) in [4.78, 5) is 13.9. The van der Waals surface area contributed by atoms with E-state index in [0.29, 0.717) is 6.42 Å². The average Bonchev–Trinajstić information content (AvgIpc) is 2.80. The van der Waals surface area contributed by atoms with E-state index in [0.717, 1.165) is 41.6 Å². The number of piperidine rings is 1. The van der Waals surface area contributed by atoms with Crippen LogP contribution in [0.2, 0.25) is 0 Å². The molecule has 3 rings (SSSR count). The fourth-order valence-corrected chi connectivity index (χ4v) is 3.08. The van der Waals surface area contributed by atoms with E-state index >= 15 is 0 Å². The van der Waals surface area contributed by atoms with Gasteiger partial charge in [0, 0.05) is 18.8 Å². The van der Waals surface area contributed by atoms with Crippen LogP contribution in [0.15, 0.2) is 12.1 Å². The number of nitrogen functional groups attached to an aromatic ring is 1. The van der Waals surface area contributed by atoms with Crippen LogP contribution in [0.4, 0.5) is 17.1 Å². The van der Waals surface area contributed by atoms with Crippen molar-refractivity contribution in [3.05, 3.63) is 17.7 Å². The maximum absolute atomic E-state index is 11.4. The van der Waals surface area contributed by atoms with Gasteiger partial charge in [0.25, 0.3) is 0 Å². The predicted octanol–water partition coefficient (Wildman–Crippen LogP) is 1.91. The molecule has 2 aliphatic rings. The number of nitrogens with two attached hydrogens (primary N) is 1. The predicted molar refractivity (Wildman–Crippen MR) is 86.5 cm³/mol. The van der Waals surface area contributed by atoms with Crippen LogP contribution in [-0.2, 0) is 11.2 Å². The molecule has 4 N–H and O–H groups in total. The van der Waals surface area contributed by atoms with Gasteiger partial charge in [-0.15, -0.1) is 0 Å². The molecule has 0 bridgehead atoms. The summed E-state index contributed by atoms with van der Waals surface area (Å²) >= 11 is 0. The van der Waals surface area contributed by atoms with Gasteiger partial charge < -0.3 is 21.3 Å². The molecule has 1 fully saturated rings. The largest absolute Gasteiger partial charge is 0.397 e. The maximum atomic E-state index is 11.4. The van der Waals surface area contributed by atoms with Crippen LogP contribution < -0.4 is 16.4 Å². The highest BCUT2D eigenvalue weighted by molar-refractivity contribution is 6.00. The highest BCUT2D eigenvalue weighted by Gasteiger charge is 2.19. The molecule has 21 heavy (non-hydrogen) atoms. The summed E-state index contributed by atoms with van der Waals surface area (Å²) in [5, 5.41) is 6.26. The van der Waals surface area contributed by atoms with E-state index in [1.165, 1.54) is 25.9 Å². The van der Waals surface area contributed by atoms with Gasteiger partial charge in [0.2, 0.25) is 5.91 Å². The second kappa shape index (κ2) is 5.93. The van der Waals surface area contributed by atoms with Gasteiger partial charge in [-0.05, 0) is 49.5 Å². The zero-order valence-electron chi connectivity index (χ0n) is 12.6. The highest BCUT2D eigenvalue weighted by atomic mass is 16.1. The van der Waals surface area contributed by atoms with Gasteiger partial charge >= 0.3 is 0 Å².